The number of rotatable bonds is 5. The molecule has 0 bridgehead atoms. The molecule has 0 atom stereocenters. The fraction of sp³-hybridized carbons (Fsp3) is 0.133. The van der Waals surface area contributed by atoms with Gasteiger partial charge in [0.25, 0.3) is 11.1 Å². The number of hydrogen-bond acceptors (Lipinski definition) is 4. The maximum Gasteiger partial charge on any atom is 0.293 e. The van der Waals surface area contributed by atoms with Crippen LogP contribution >= 0.6 is 11.8 Å². The molecule has 0 aromatic heterocycles. The number of carbonyl (C=O) groups is 3. The van der Waals surface area contributed by atoms with E-state index >= 15 is 0 Å². The van der Waals surface area contributed by atoms with Gasteiger partial charge in [0.2, 0.25) is 5.91 Å². The smallest absolute Gasteiger partial charge is 0.293 e. The summed E-state index contributed by atoms with van der Waals surface area (Å²) in [5, 5.41) is 2.21. The summed E-state index contributed by atoms with van der Waals surface area (Å²) >= 11 is 0.907. The summed E-state index contributed by atoms with van der Waals surface area (Å²) in [6, 6.07) is 9.32. The lowest BCUT2D eigenvalue weighted by molar-refractivity contribution is -0.123. The largest absolute Gasteiger partial charge is 0.351 e. The minimum Gasteiger partial charge on any atom is -0.351 e. The van der Waals surface area contributed by atoms with Crippen LogP contribution in [0, 0.1) is 0 Å². The van der Waals surface area contributed by atoms with Crippen LogP contribution in [0.15, 0.2) is 47.9 Å². The van der Waals surface area contributed by atoms with Gasteiger partial charge in [0.05, 0.1) is 4.91 Å². The van der Waals surface area contributed by atoms with Crippen molar-refractivity contribution in [2.45, 2.75) is 0 Å². The Morgan fingerprint density at radius 1 is 1.29 bits per heavy atom. The average molecular weight is 302 g/mol. The second kappa shape index (κ2) is 6.90. The second-order valence-electron chi connectivity index (χ2n) is 4.24. The molecular weight excluding hydrogens is 288 g/mol. The van der Waals surface area contributed by atoms with Crippen LogP contribution in [-0.4, -0.2) is 35.0 Å². The van der Waals surface area contributed by atoms with E-state index in [0.29, 0.717) is 4.91 Å². The highest BCUT2D eigenvalue weighted by atomic mass is 32.2. The molecule has 1 fully saturated rings. The Kier molecular flexibility index (Phi) is 4.94. The molecule has 1 aliphatic heterocycles. The topological polar surface area (TPSA) is 66.5 Å². The van der Waals surface area contributed by atoms with E-state index < -0.39 is 0 Å². The summed E-state index contributed by atoms with van der Waals surface area (Å²) in [5.74, 6) is -0.663. The fourth-order valence-electron chi connectivity index (χ4n) is 1.76. The maximum atomic E-state index is 12.1. The Morgan fingerprint density at radius 3 is 2.67 bits per heavy atom. The Balaban J connectivity index is 2.01. The predicted octanol–water partition coefficient (Wildman–Crippen LogP) is 2.03. The van der Waals surface area contributed by atoms with Gasteiger partial charge in [0, 0.05) is 13.1 Å². The first kappa shape index (κ1) is 15.1. The molecule has 0 radical (unpaired) electrons. The molecular formula is C15H14N2O3S. The third kappa shape index (κ3) is 3.82. The van der Waals surface area contributed by atoms with Gasteiger partial charge in [-0.25, -0.2) is 0 Å². The normalized spacial score (nSPS) is 16.4. The summed E-state index contributed by atoms with van der Waals surface area (Å²) in [6.07, 6.45) is 2.83. The molecule has 5 nitrogen and oxygen atoms in total. The first-order valence-corrected chi connectivity index (χ1v) is 7.14. The van der Waals surface area contributed by atoms with Crippen molar-refractivity contribution in [1.82, 2.24) is 10.2 Å². The lowest BCUT2D eigenvalue weighted by Gasteiger charge is -2.12. The highest BCUT2D eigenvalue weighted by molar-refractivity contribution is 8.18. The van der Waals surface area contributed by atoms with Gasteiger partial charge < -0.3 is 5.32 Å². The Labute approximate surface area is 126 Å². The molecule has 1 aliphatic rings. The lowest BCUT2D eigenvalue weighted by Crippen LogP contribution is -2.36. The number of amides is 3. The van der Waals surface area contributed by atoms with E-state index in [0.717, 1.165) is 28.3 Å². The van der Waals surface area contributed by atoms with E-state index in [1.165, 1.54) is 0 Å². The third-order valence-corrected chi connectivity index (χ3v) is 3.70. The lowest BCUT2D eigenvalue weighted by atomic mass is 10.2. The second-order valence-corrected chi connectivity index (χ2v) is 5.23. The highest BCUT2D eigenvalue weighted by Crippen LogP contribution is 2.31. The molecule has 1 N–H and O–H groups in total. The summed E-state index contributed by atoms with van der Waals surface area (Å²) in [6.45, 7) is 3.69. The monoisotopic (exact) mass is 302 g/mol. The van der Waals surface area contributed by atoms with E-state index in [2.05, 4.69) is 11.9 Å². The van der Waals surface area contributed by atoms with Crippen LogP contribution in [0.1, 0.15) is 5.56 Å². The molecule has 1 heterocycles. The minimum absolute atomic E-state index is 0.149. The Bertz CT molecular complexity index is 611. The van der Waals surface area contributed by atoms with E-state index in [9.17, 15) is 14.4 Å². The van der Waals surface area contributed by atoms with Crippen molar-refractivity contribution in [2.75, 3.05) is 13.1 Å². The number of nitrogens with zero attached hydrogens (tertiary/aromatic N) is 1. The van der Waals surface area contributed by atoms with E-state index in [4.69, 9.17) is 0 Å². The SMILES string of the molecule is C=CC(=O)NCCN1C(=O)S/C(=C\c2ccccc2)C1=O. The molecule has 21 heavy (non-hydrogen) atoms. The zero-order chi connectivity index (χ0) is 15.2. The molecule has 1 aromatic rings. The average Bonchev–Trinajstić information content (AvgIpc) is 2.75. The van der Waals surface area contributed by atoms with Crippen LogP contribution in [0.5, 0.6) is 0 Å². The summed E-state index contributed by atoms with van der Waals surface area (Å²) < 4.78 is 0. The van der Waals surface area contributed by atoms with Crippen LogP contribution < -0.4 is 5.32 Å². The number of nitrogens with one attached hydrogen (secondary N) is 1. The Morgan fingerprint density at radius 2 is 2.00 bits per heavy atom. The molecule has 0 spiro atoms. The number of thioether (sulfide) groups is 1. The van der Waals surface area contributed by atoms with Gasteiger partial charge in [-0.3, -0.25) is 19.3 Å². The number of carbonyl (C=O) groups excluding carboxylic acids is 3. The van der Waals surface area contributed by atoms with Crippen LogP contribution in [0.4, 0.5) is 4.79 Å². The minimum atomic E-state index is -0.332. The predicted molar refractivity (Wildman–Crippen MR) is 82.3 cm³/mol. The van der Waals surface area contributed by atoms with Crippen LogP contribution in [-0.2, 0) is 9.59 Å². The van der Waals surface area contributed by atoms with E-state index in [-0.39, 0.29) is 30.1 Å². The Hall–Kier alpha value is -2.34. The van der Waals surface area contributed by atoms with Gasteiger partial charge in [-0.2, -0.15) is 0 Å². The fourth-order valence-corrected chi connectivity index (χ4v) is 2.62. The van der Waals surface area contributed by atoms with Crippen molar-refractivity contribution in [3.05, 3.63) is 53.5 Å². The molecule has 0 saturated carbocycles. The first-order chi connectivity index (χ1) is 10.1. The first-order valence-electron chi connectivity index (χ1n) is 6.32. The highest BCUT2D eigenvalue weighted by Gasteiger charge is 2.34. The van der Waals surface area contributed by atoms with Crippen molar-refractivity contribution >= 4 is 34.9 Å². The van der Waals surface area contributed by atoms with Crippen molar-refractivity contribution in [3.8, 4) is 0 Å². The van der Waals surface area contributed by atoms with Gasteiger partial charge in [-0.05, 0) is 29.5 Å². The molecule has 2 rings (SSSR count). The number of hydrogen-bond donors (Lipinski definition) is 1. The molecule has 0 aliphatic carbocycles. The van der Waals surface area contributed by atoms with Crippen molar-refractivity contribution < 1.29 is 14.4 Å². The molecule has 3 amide bonds. The van der Waals surface area contributed by atoms with Crippen LogP contribution in [0.2, 0.25) is 0 Å². The van der Waals surface area contributed by atoms with Gasteiger partial charge in [-0.1, -0.05) is 36.9 Å². The van der Waals surface area contributed by atoms with Crippen LogP contribution in [0.3, 0.4) is 0 Å². The van der Waals surface area contributed by atoms with Gasteiger partial charge in [0.1, 0.15) is 0 Å². The summed E-state index contributed by atoms with van der Waals surface area (Å²) in [7, 11) is 0. The molecule has 1 aromatic carbocycles. The van der Waals surface area contributed by atoms with E-state index in [1.54, 1.807) is 6.08 Å². The molecule has 6 heteroatoms. The quantitative estimate of drug-likeness (QED) is 0.845. The van der Waals surface area contributed by atoms with Crippen molar-refractivity contribution in [1.29, 1.82) is 0 Å². The van der Waals surface area contributed by atoms with Gasteiger partial charge in [-0.15, -0.1) is 0 Å². The molecule has 108 valence electrons. The number of imide groups is 1. The van der Waals surface area contributed by atoms with Crippen molar-refractivity contribution in [2.24, 2.45) is 0 Å². The zero-order valence-electron chi connectivity index (χ0n) is 11.2. The van der Waals surface area contributed by atoms with Gasteiger partial charge >= 0.3 is 0 Å². The van der Waals surface area contributed by atoms with Crippen LogP contribution in [0.25, 0.3) is 6.08 Å². The van der Waals surface area contributed by atoms with E-state index in [1.807, 2.05) is 30.3 Å². The third-order valence-electron chi connectivity index (χ3n) is 2.79. The zero-order valence-corrected chi connectivity index (χ0v) is 12.1. The summed E-state index contributed by atoms with van der Waals surface area (Å²) in [4.78, 5) is 36.5. The summed E-state index contributed by atoms with van der Waals surface area (Å²) in [5.41, 5.74) is 0.864. The molecule has 0 unspecified atom stereocenters. The maximum absolute atomic E-state index is 12.1. The standard InChI is InChI=1S/C15H14N2O3S/c1-2-13(18)16-8-9-17-14(19)12(21-15(17)20)10-11-6-4-3-5-7-11/h2-7,10H,1,8-9H2,(H,16,18)/b12-10-. The number of benzene rings is 1. The molecule has 1 saturated heterocycles. The van der Waals surface area contributed by atoms with Gasteiger partial charge in [0.15, 0.2) is 0 Å². The van der Waals surface area contributed by atoms with Crippen molar-refractivity contribution in [3.63, 3.8) is 0 Å².